The van der Waals surface area contributed by atoms with Crippen LogP contribution in [0.3, 0.4) is 0 Å². The summed E-state index contributed by atoms with van der Waals surface area (Å²) in [5, 5.41) is 21.0. The molecule has 1 fully saturated rings. The molecule has 0 aliphatic carbocycles. The summed E-state index contributed by atoms with van der Waals surface area (Å²) in [6, 6.07) is 9.45. The molecule has 108 valence electrons. The predicted octanol–water partition coefficient (Wildman–Crippen LogP) is 3.31. The van der Waals surface area contributed by atoms with E-state index in [1.165, 1.54) is 31.5 Å². The number of nitrogens with zero attached hydrogens (tertiary/aromatic N) is 1. The van der Waals surface area contributed by atoms with Crippen LogP contribution in [0.4, 0.5) is 0 Å². The Kier molecular flexibility index (Phi) is 4.73. The van der Waals surface area contributed by atoms with E-state index in [2.05, 4.69) is 17.0 Å². The fourth-order valence-electron chi connectivity index (χ4n) is 2.77. The Labute approximate surface area is 125 Å². The SMILES string of the molecule is Cl.Oc1cc2ccc(CCN3CCCC3)cc2cc1O. The van der Waals surface area contributed by atoms with Crippen LogP contribution in [-0.4, -0.2) is 34.7 Å². The van der Waals surface area contributed by atoms with E-state index in [1.54, 1.807) is 12.1 Å². The van der Waals surface area contributed by atoms with Crippen molar-refractivity contribution in [2.45, 2.75) is 19.3 Å². The number of hydrogen-bond acceptors (Lipinski definition) is 3. The Morgan fingerprint density at radius 2 is 1.55 bits per heavy atom. The van der Waals surface area contributed by atoms with Gasteiger partial charge >= 0.3 is 0 Å². The van der Waals surface area contributed by atoms with Gasteiger partial charge in [0.2, 0.25) is 0 Å². The lowest BCUT2D eigenvalue weighted by atomic mass is 10.0. The first kappa shape index (κ1) is 14.9. The number of fused-ring (bicyclic) bond motifs is 1. The molecule has 1 heterocycles. The van der Waals surface area contributed by atoms with Gasteiger partial charge in [0.25, 0.3) is 0 Å². The maximum Gasteiger partial charge on any atom is 0.158 e. The van der Waals surface area contributed by atoms with Crippen molar-refractivity contribution in [3.05, 3.63) is 35.9 Å². The zero-order valence-corrected chi connectivity index (χ0v) is 12.2. The molecular weight excluding hydrogens is 274 g/mol. The van der Waals surface area contributed by atoms with Crippen molar-refractivity contribution in [1.82, 2.24) is 4.90 Å². The Morgan fingerprint density at radius 1 is 0.900 bits per heavy atom. The van der Waals surface area contributed by atoms with Crippen molar-refractivity contribution in [3.63, 3.8) is 0 Å². The molecule has 0 radical (unpaired) electrons. The quantitative estimate of drug-likeness (QED) is 0.853. The summed E-state index contributed by atoms with van der Waals surface area (Å²) in [6.07, 6.45) is 3.69. The first-order chi connectivity index (χ1) is 9.22. The van der Waals surface area contributed by atoms with E-state index in [0.717, 1.165) is 23.7 Å². The summed E-state index contributed by atoms with van der Waals surface area (Å²) >= 11 is 0. The third-order valence-corrected chi connectivity index (χ3v) is 3.91. The van der Waals surface area contributed by atoms with Gasteiger partial charge in [-0.15, -0.1) is 12.4 Å². The van der Waals surface area contributed by atoms with Gasteiger partial charge in [0, 0.05) is 6.54 Å². The second-order valence-corrected chi connectivity index (χ2v) is 5.32. The van der Waals surface area contributed by atoms with E-state index in [-0.39, 0.29) is 23.9 Å². The van der Waals surface area contributed by atoms with E-state index in [4.69, 9.17) is 0 Å². The van der Waals surface area contributed by atoms with Crippen LogP contribution in [0.15, 0.2) is 30.3 Å². The maximum atomic E-state index is 9.55. The number of halogens is 1. The fraction of sp³-hybridized carbons (Fsp3) is 0.375. The molecule has 3 nitrogen and oxygen atoms in total. The third-order valence-electron chi connectivity index (χ3n) is 3.91. The number of aromatic hydroxyl groups is 2. The second-order valence-electron chi connectivity index (χ2n) is 5.32. The van der Waals surface area contributed by atoms with Crippen LogP contribution >= 0.6 is 12.4 Å². The van der Waals surface area contributed by atoms with E-state index >= 15 is 0 Å². The molecule has 0 bridgehead atoms. The highest BCUT2D eigenvalue weighted by Gasteiger charge is 2.11. The summed E-state index contributed by atoms with van der Waals surface area (Å²) in [5.41, 5.74) is 1.28. The largest absolute Gasteiger partial charge is 0.504 e. The number of benzene rings is 2. The highest BCUT2D eigenvalue weighted by molar-refractivity contribution is 5.86. The lowest BCUT2D eigenvalue weighted by Gasteiger charge is -2.14. The summed E-state index contributed by atoms with van der Waals surface area (Å²) in [5.74, 6) is -0.110. The van der Waals surface area contributed by atoms with Crippen molar-refractivity contribution >= 4 is 23.2 Å². The average molecular weight is 294 g/mol. The van der Waals surface area contributed by atoms with Crippen LogP contribution in [0.2, 0.25) is 0 Å². The molecular formula is C16H20ClNO2. The molecule has 0 unspecified atom stereocenters. The Hall–Kier alpha value is -1.45. The van der Waals surface area contributed by atoms with E-state index < -0.39 is 0 Å². The Morgan fingerprint density at radius 3 is 2.25 bits per heavy atom. The number of rotatable bonds is 3. The number of phenolic OH excluding ortho intramolecular Hbond substituents is 2. The van der Waals surface area contributed by atoms with Crippen LogP contribution < -0.4 is 0 Å². The third kappa shape index (κ3) is 3.17. The zero-order valence-electron chi connectivity index (χ0n) is 11.4. The van der Waals surface area contributed by atoms with Gasteiger partial charge in [-0.25, -0.2) is 0 Å². The van der Waals surface area contributed by atoms with Gasteiger partial charge in [-0.05, 0) is 60.8 Å². The number of hydrogen-bond donors (Lipinski definition) is 2. The monoisotopic (exact) mass is 293 g/mol. The highest BCUT2D eigenvalue weighted by Crippen LogP contribution is 2.30. The molecule has 0 saturated carbocycles. The Bertz CT molecular complexity index is 594. The standard InChI is InChI=1S/C16H19NO2.ClH/c18-15-10-13-4-3-12(9-14(13)11-16(15)19)5-8-17-6-1-2-7-17;/h3-4,9-11,18-19H,1-2,5-8H2;1H. The van der Waals surface area contributed by atoms with E-state index in [1.807, 2.05) is 6.07 Å². The van der Waals surface area contributed by atoms with Gasteiger partial charge in [0.05, 0.1) is 0 Å². The molecule has 3 rings (SSSR count). The number of phenols is 2. The van der Waals surface area contributed by atoms with Crippen LogP contribution in [-0.2, 0) is 6.42 Å². The molecule has 1 aliphatic heterocycles. The van der Waals surface area contributed by atoms with Gasteiger partial charge < -0.3 is 15.1 Å². The molecule has 1 aliphatic rings. The summed E-state index contributed by atoms with van der Waals surface area (Å²) in [7, 11) is 0. The molecule has 2 aromatic carbocycles. The first-order valence-corrected chi connectivity index (χ1v) is 6.89. The minimum atomic E-state index is -0.0580. The summed E-state index contributed by atoms with van der Waals surface area (Å²) in [4.78, 5) is 2.50. The topological polar surface area (TPSA) is 43.7 Å². The lowest BCUT2D eigenvalue weighted by molar-refractivity contribution is 0.343. The van der Waals surface area contributed by atoms with Crippen molar-refractivity contribution in [2.75, 3.05) is 19.6 Å². The fourth-order valence-corrected chi connectivity index (χ4v) is 2.77. The van der Waals surface area contributed by atoms with Crippen molar-refractivity contribution in [2.24, 2.45) is 0 Å². The first-order valence-electron chi connectivity index (χ1n) is 6.89. The van der Waals surface area contributed by atoms with Crippen molar-refractivity contribution in [3.8, 4) is 11.5 Å². The van der Waals surface area contributed by atoms with Gasteiger partial charge in [0.1, 0.15) is 0 Å². The van der Waals surface area contributed by atoms with Gasteiger partial charge in [-0.2, -0.15) is 0 Å². The molecule has 0 aromatic heterocycles. The lowest BCUT2D eigenvalue weighted by Crippen LogP contribution is -2.21. The van der Waals surface area contributed by atoms with Gasteiger partial charge in [-0.3, -0.25) is 0 Å². The van der Waals surface area contributed by atoms with Crippen LogP contribution in [0.5, 0.6) is 11.5 Å². The predicted molar refractivity (Wildman–Crippen MR) is 83.9 cm³/mol. The minimum Gasteiger partial charge on any atom is -0.504 e. The van der Waals surface area contributed by atoms with Gasteiger partial charge in [-0.1, -0.05) is 18.2 Å². The van der Waals surface area contributed by atoms with Crippen LogP contribution in [0.25, 0.3) is 10.8 Å². The van der Waals surface area contributed by atoms with Crippen molar-refractivity contribution in [1.29, 1.82) is 0 Å². The normalized spacial score (nSPS) is 15.4. The maximum absolute atomic E-state index is 9.55. The van der Waals surface area contributed by atoms with E-state index in [9.17, 15) is 10.2 Å². The van der Waals surface area contributed by atoms with Crippen LogP contribution in [0.1, 0.15) is 18.4 Å². The summed E-state index contributed by atoms with van der Waals surface area (Å²) in [6.45, 7) is 3.56. The summed E-state index contributed by atoms with van der Waals surface area (Å²) < 4.78 is 0. The molecule has 0 atom stereocenters. The zero-order chi connectivity index (χ0) is 13.2. The Balaban J connectivity index is 0.00000147. The minimum absolute atomic E-state index is 0. The van der Waals surface area contributed by atoms with E-state index in [0.29, 0.717) is 0 Å². The van der Waals surface area contributed by atoms with Crippen LogP contribution in [0, 0.1) is 0 Å². The smallest absolute Gasteiger partial charge is 0.158 e. The molecule has 2 aromatic rings. The second kappa shape index (κ2) is 6.33. The highest BCUT2D eigenvalue weighted by atomic mass is 35.5. The molecule has 1 saturated heterocycles. The molecule has 4 heteroatoms. The molecule has 20 heavy (non-hydrogen) atoms. The average Bonchev–Trinajstić information content (AvgIpc) is 2.91. The molecule has 2 N–H and O–H groups in total. The van der Waals surface area contributed by atoms with Gasteiger partial charge in [0.15, 0.2) is 11.5 Å². The molecule has 0 amide bonds. The molecule has 0 spiro atoms. The van der Waals surface area contributed by atoms with Crippen molar-refractivity contribution < 1.29 is 10.2 Å². The number of likely N-dealkylation sites (tertiary alicyclic amines) is 1.